The van der Waals surface area contributed by atoms with E-state index in [2.05, 4.69) is 19.2 Å². The number of hydrogen-bond donors (Lipinski definition) is 1. The highest BCUT2D eigenvalue weighted by atomic mass is 19.1. The molecule has 0 fully saturated rings. The Morgan fingerprint density at radius 1 is 0.925 bits per heavy atom. The molecule has 8 heteroatoms. The summed E-state index contributed by atoms with van der Waals surface area (Å²) in [7, 11) is 0. The van der Waals surface area contributed by atoms with E-state index in [0.29, 0.717) is 46.7 Å². The Kier molecular flexibility index (Phi) is 9.32. The number of nitrogens with one attached hydrogen (secondary N) is 1. The summed E-state index contributed by atoms with van der Waals surface area (Å²) in [6.07, 6.45) is 2.08. The minimum absolute atomic E-state index is 0.0268. The predicted octanol–water partition coefficient (Wildman–Crippen LogP) is 6.35. The number of fused-ring (bicyclic) bond motifs is 1. The Bertz CT molecular complexity index is 1510. The quantitative estimate of drug-likeness (QED) is 0.253. The Hall–Kier alpha value is -4.46. The SMILES string of the molecule is Cc1ccc(NC(=O)N(CCC(C)C)CC(=O)N(Cc2ccc(F)cc2)Cc2coc3ccccc3c2=O)cc1. The molecule has 0 atom stereocenters. The van der Waals surface area contributed by atoms with Crippen molar-refractivity contribution >= 4 is 28.6 Å². The highest BCUT2D eigenvalue weighted by Crippen LogP contribution is 2.16. The van der Waals surface area contributed by atoms with E-state index < -0.39 is 0 Å². The lowest BCUT2D eigenvalue weighted by atomic mass is 10.1. The Balaban J connectivity index is 1.59. The lowest BCUT2D eigenvalue weighted by Crippen LogP contribution is -2.45. The van der Waals surface area contributed by atoms with Crippen molar-refractivity contribution in [2.75, 3.05) is 18.4 Å². The molecule has 0 aliphatic rings. The lowest BCUT2D eigenvalue weighted by molar-refractivity contribution is -0.133. The summed E-state index contributed by atoms with van der Waals surface area (Å²) >= 11 is 0. The fraction of sp³-hybridized carbons (Fsp3) is 0.281. The van der Waals surface area contributed by atoms with E-state index in [4.69, 9.17) is 4.42 Å². The van der Waals surface area contributed by atoms with E-state index in [1.807, 2.05) is 31.2 Å². The zero-order valence-corrected chi connectivity index (χ0v) is 23.0. The van der Waals surface area contributed by atoms with Gasteiger partial charge in [0.1, 0.15) is 17.9 Å². The molecule has 1 heterocycles. The number of nitrogens with zero attached hydrogens (tertiary/aromatic N) is 2. The van der Waals surface area contributed by atoms with Crippen LogP contribution in [-0.4, -0.2) is 34.8 Å². The number of halogens is 1. The molecule has 3 amide bonds. The molecule has 4 aromatic rings. The lowest BCUT2D eigenvalue weighted by Gasteiger charge is -2.28. The first-order chi connectivity index (χ1) is 19.2. The zero-order valence-electron chi connectivity index (χ0n) is 23.0. The van der Waals surface area contributed by atoms with Gasteiger partial charge < -0.3 is 19.5 Å². The van der Waals surface area contributed by atoms with Crippen molar-refractivity contribution in [1.29, 1.82) is 0 Å². The first-order valence-electron chi connectivity index (χ1n) is 13.3. The molecule has 0 unspecified atom stereocenters. The molecule has 4 rings (SSSR count). The summed E-state index contributed by atoms with van der Waals surface area (Å²) in [5.74, 6) is -0.411. The van der Waals surface area contributed by atoms with Crippen LogP contribution in [0.5, 0.6) is 0 Å². The number of para-hydroxylation sites is 1. The van der Waals surface area contributed by atoms with Gasteiger partial charge in [0.15, 0.2) is 5.43 Å². The molecular weight excluding hydrogens is 509 g/mol. The van der Waals surface area contributed by atoms with Crippen molar-refractivity contribution in [2.24, 2.45) is 5.92 Å². The van der Waals surface area contributed by atoms with Crippen molar-refractivity contribution in [3.8, 4) is 0 Å². The standard InChI is InChI=1S/C32H34FN3O4/c1-22(2)16-17-35(32(39)34-27-14-8-23(3)9-15-27)20-30(37)36(18-24-10-12-26(33)13-11-24)19-25-21-40-29-7-5-4-6-28(29)31(25)38/h4-15,21-22H,16-20H2,1-3H3,(H,34,39). The van der Waals surface area contributed by atoms with Gasteiger partial charge in [0.05, 0.1) is 23.8 Å². The van der Waals surface area contributed by atoms with Crippen LogP contribution in [0.4, 0.5) is 14.9 Å². The average molecular weight is 544 g/mol. The summed E-state index contributed by atoms with van der Waals surface area (Å²) in [4.78, 5) is 43.2. The van der Waals surface area contributed by atoms with Gasteiger partial charge in [-0.2, -0.15) is 0 Å². The van der Waals surface area contributed by atoms with Crippen LogP contribution < -0.4 is 10.7 Å². The molecule has 0 saturated heterocycles. The van der Waals surface area contributed by atoms with Gasteiger partial charge in [-0.3, -0.25) is 9.59 Å². The molecule has 1 aromatic heterocycles. The monoisotopic (exact) mass is 543 g/mol. The van der Waals surface area contributed by atoms with E-state index in [9.17, 15) is 18.8 Å². The number of benzene rings is 3. The van der Waals surface area contributed by atoms with Gasteiger partial charge in [-0.25, -0.2) is 9.18 Å². The predicted molar refractivity (Wildman–Crippen MR) is 154 cm³/mol. The second-order valence-corrected chi connectivity index (χ2v) is 10.4. The number of urea groups is 1. The second kappa shape index (κ2) is 13.1. The Morgan fingerprint density at radius 2 is 1.62 bits per heavy atom. The third-order valence-electron chi connectivity index (χ3n) is 6.64. The fourth-order valence-electron chi connectivity index (χ4n) is 4.24. The van der Waals surface area contributed by atoms with Gasteiger partial charge >= 0.3 is 6.03 Å². The molecule has 0 radical (unpaired) electrons. The number of hydrogen-bond acceptors (Lipinski definition) is 4. The average Bonchev–Trinajstić information content (AvgIpc) is 2.94. The Labute approximate surface area is 233 Å². The van der Waals surface area contributed by atoms with Crippen molar-refractivity contribution in [1.82, 2.24) is 9.80 Å². The van der Waals surface area contributed by atoms with E-state index in [0.717, 1.165) is 5.56 Å². The molecule has 0 bridgehead atoms. The van der Waals surface area contributed by atoms with E-state index in [-0.39, 0.29) is 42.8 Å². The first-order valence-corrected chi connectivity index (χ1v) is 13.3. The van der Waals surface area contributed by atoms with Gasteiger partial charge in [0.2, 0.25) is 5.91 Å². The van der Waals surface area contributed by atoms with Gasteiger partial charge in [0, 0.05) is 18.8 Å². The minimum Gasteiger partial charge on any atom is -0.464 e. The van der Waals surface area contributed by atoms with E-state index in [1.54, 1.807) is 36.4 Å². The number of carbonyl (C=O) groups excluding carboxylic acids is 2. The smallest absolute Gasteiger partial charge is 0.322 e. The highest BCUT2D eigenvalue weighted by molar-refractivity contribution is 5.92. The normalized spacial score (nSPS) is 11.0. The first kappa shape index (κ1) is 28.5. The van der Waals surface area contributed by atoms with Crippen LogP contribution in [0.3, 0.4) is 0 Å². The molecule has 1 N–H and O–H groups in total. The van der Waals surface area contributed by atoms with Gasteiger partial charge in [-0.05, 0) is 61.2 Å². The summed E-state index contributed by atoms with van der Waals surface area (Å²) < 4.78 is 19.2. The number of anilines is 1. The summed E-state index contributed by atoms with van der Waals surface area (Å²) in [5, 5.41) is 3.30. The second-order valence-electron chi connectivity index (χ2n) is 10.4. The summed E-state index contributed by atoms with van der Waals surface area (Å²) in [5.41, 5.74) is 2.94. The van der Waals surface area contributed by atoms with Crippen LogP contribution >= 0.6 is 0 Å². The topological polar surface area (TPSA) is 82.9 Å². The number of amides is 3. The van der Waals surface area contributed by atoms with Gasteiger partial charge in [0.25, 0.3) is 0 Å². The van der Waals surface area contributed by atoms with Crippen molar-refractivity contribution < 1.29 is 18.4 Å². The molecule has 0 spiro atoms. The molecule has 0 aliphatic heterocycles. The molecule has 7 nitrogen and oxygen atoms in total. The van der Waals surface area contributed by atoms with Crippen molar-refractivity contribution in [2.45, 2.75) is 40.3 Å². The maximum absolute atomic E-state index is 13.7. The largest absolute Gasteiger partial charge is 0.464 e. The molecule has 0 saturated carbocycles. The highest BCUT2D eigenvalue weighted by Gasteiger charge is 2.23. The van der Waals surface area contributed by atoms with Crippen LogP contribution in [0.25, 0.3) is 11.0 Å². The maximum atomic E-state index is 13.7. The van der Waals surface area contributed by atoms with Crippen molar-refractivity contribution in [3.63, 3.8) is 0 Å². The van der Waals surface area contributed by atoms with Gasteiger partial charge in [-0.15, -0.1) is 0 Å². The summed E-state index contributed by atoms with van der Waals surface area (Å²) in [6, 6.07) is 19.8. The minimum atomic E-state index is -0.385. The van der Waals surface area contributed by atoms with Crippen LogP contribution in [0, 0.1) is 18.7 Å². The molecule has 208 valence electrons. The van der Waals surface area contributed by atoms with Crippen LogP contribution in [0.15, 0.2) is 88.3 Å². The summed E-state index contributed by atoms with van der Waals surface area (Å²) in [6.45, 7) is 6.36. The Morgan fingerprint density at radius 3 is 2.33 bits per heavy atom. The van der Waals surface area contributed by atoms with E-state index in [1.165, 1.54) is 28.2 Å². The fourth-order valence-corrected chi connectivity index (χ4v) is 4.24. The molecule has 0 aliphatic carbocycles. The third-order valence-corrected chi connectivity index (χ3v) is 6.64. The number of aryl methyl sites for hydroxylation is 1. The van der Waals surface area contributed by atoms with Crippen LogP contribution in [0.1, 0.15) is 37.0 Å². The molecule has 40 heavy (non-hydrogen) atoms. The molecular formula is C32H34FN3O4. The van der Waals surface area contributed by atoms with Crippen LogP contribution in [-0.2, 0) is 17.9 Å². The third kappa shape index (κ3) is 7.56. The zero-order chi connectivity index (χ0) is 28.6. The van der Waals surface area contributed by atoms with E-state index >= 15 is 0 Å². The maximum Gasteiger partial charge on any atom is 0.322 e. The molecule has 3 aromatic carbocycles. The van der Waals surface area contributed by atoms with Crippen molar-refractivity contribution in [3.05, 3.63) is 112 Å². The van der Waals surface area contributed by atoms with Crippen LogP contribution in [0.2, 0.25) is 0 Å². The number of carbonyl (C=O) groups is 2. The van der Waals surface area contributed by atoms with Gasteiger partial charge in [-0.1, -0.05) is 55.8 Å². The number of rotatable bonds is 10.